The van der Waals surface area contributed by atoms with Crippen LogP contribution in [0.3, 0.4) is 0 Å². The lowest BCUT2D eigenvalue weighted by molar-refractivity contribution is -0.135. The van der Waals surface area contributed by atoms with E-state index in [1.807, 2.05) is 4.90 Å². The maximum atomic E-state index is 16.7. The maximum Gasteiger partial charge on any atom is 0.319 e. The topological polar surface area (TPSA) is 131 Å². The second-order valence-electron chi connectivity index (χ2n) is 13.0. The molecule has 4 atom stereocenters. The number of rotatable bonds is 7. The van der Waals surface area contributed by atoms with Crippen LogP contribution in [0.2, 0.25) is 0 Å². The van der Waals surface area contributed by atoms with Crippen LogP contribution >= 0.6 is 0 Å². The number of hydrogen-bond donors (Lipinski definition) is 1. The molecular weight excluding hydrogens is 627 g/mol. The Labute approximate surface area is 273 Å². The van der Waals surface area contributed by atoms with Crippen molar-refractivity contribution in [2.45, 2.75) is 49.5 Å². The number of epoxide rings is 1. The van der Waals surface area contributed by atoms with E-state index in [2.05, 4.69) is 20.9 Å². The lowest BCUT2D eigenvalue weighted by atomic mass is 9.95. The third-order valence-electron chi connectivity index (χ3n) is 10.0. The molecule has 1 amide bonds. The fourth-order valence-corrected chi connectivity index (χ4v) is 7.71. The molecule has 0 aliphatic carbocycles. The van der Waals surface area contributed by atoms with Gasteiger partial charge in [0.2, 0.25) is 0 Å². The van der Waals surface area contributed by atoms with Crippen molar-refractivity contribution in [3.8, 4) is 29.1 Å². The van der Waals surface area contributed by atoms with Crippen molar-refractivity contribution in [3.63, 3.8) is 0 Å². The molecule has 11 nitrogen and oxygen atoms in total. The normalized spacial score (nSPS) is 25.4. The fourth-order valence-electron chi connectivity index (χ4n) is 7.71. The molecule has 248 valence electrons. The van der Waals surface area contributed by atoms with Crippen molar-refractivity contribution < 1.29 is 32.5 Å². The molecule has 14 heteroatoms. The first-order chi connectivity index (χ1) is 23.2. The molecule has 4 aliphatic heterocycles. The van der Waals surface area contributed by atoms with E-state index in [1.165, 1.54) is 30.5 Å². The molecule has 2 aromatic carbocycles. The number of phenolic OH excluding ortho intramolecular Hbond substituents is 1. The van der Waals surface area contributed by atoms with Crippen LogP contribution in [0.25, 0.3) is 32.9 Å². The molecule has 6 heterocycles. The highest BCUT2D eigenvalue weighted by molar-refractivity contribution is 6.00. The number of alkyl halides is 1. The summed E-state index contributed by atoms with van der Waals surface area (Å²) in [6.45, 7) is 2.39. The summed E-state index contributed by atoms with van der Waals surface area (Å²) in [5, 5.41) is 20.7. The fraction of sp³-hybridized carbons (Fsp3) is 0.441. The number of aromatic hydroxyl groups is 1. The van der Waals surface area contributed by atoms with Gasteiger partial charge in [0.1, 0.15) is 41.4 Å². The predicted octanol–water partition coefficient (Wildman–Crippen LogP) is 4.11. The zero-order chi connectivity index (χ0) is 33.2. The van der Waals surface area contributed by atoms with Crippen LogP contribution in [0.15, 0.2) is 36.5 Å². The van der Waals surface area contributed by atoms with Gasteiger partial charge in [-0.1, -0.05) is 12.1 Å². The minimum Gasteiger partial charge on any atom is -0.508 e. The van der Waals surface area contributed by atoms with E-state index in [1.54, 1.807) is 11.0 Å². The first kappa shape index (κ1) is 30.6. The number of pyridine rings is 1. The van der Waals surface area contributed by atoms with E-state index in [4.69, 9.17) is 14.5 Å². The van der Waals surface area contributed by atoms with E-state index in [9.17, 15) is 19.6 Å². The van der Waals surface area contributed by atoms with Crippen LogP contribution < -0.4 is 9.64 Å². The molecule has 4 aliphatic rings. The van der Waals surface area contributed by atoms with Gasteiger partial charge in [0.15, 0.2) is 11.9 Å². The second kappa shape index (κ2) is 11.7. The highest BCUT2D eigenvalue weighted by atomic mass is 19.1. The Balaban J connectivity index is 1.22. The van der Waals surface area contributed by atoms with E-state index < -0.39 is 35.5 Å². The summed E-state index contributed by atoms with van der Waals surface area (Å²) in [6, 6.07) is 8.58. The van der Waals surface area contributed by atoms with Gasteiger partial charge in [0.25, 0.3) is 5.91 Å². The van der Waals surface area contributed by atoms with Gasteiger partial charge >= 0.3 is 6.01 Å². The average molecular weight is 660 g/mol. The molecule has 4 aromatic rings. The number of carbonyl (C=O) groups excluding carboxylic acids is 1. The second-order valence-corrected chi connectivity index (χ2v) is 13.0. The largest absolute Gasteiger partial charge is 0.508 e. The summed E-state index contributed by atoms with van der Waals surface area (Å²) in [6.07, 6.45) is 1.99. The summed E-state index contributed by atoms with van der Waals surface area (Å²) in [7, 11) is 0. The maximum absolute atomic E-state index is 16.7. The molecule has 48 heavy (non-hydrogen) atoms. The average Bonchev–Trinajstić information content (AvgIpc) is 3.78. The van der Waals surface area contributed by atoms with Gasteiger partial charge in [-0.2, -0.15) is 15.2 Å². The number of phenols is 1. The molecule has 4 saturated heterocycles. The molecule has 0 unspecified atom stereocenters. The number of ether oxygens (including phenoxy) is 2. The number of aromatic nitrogens is 3. The van der Waals surface area contributed by atoms with Crippen LogP contribution in [-0.4, -0.2) is 106 Å². The third kappa shape index (κ3) is 5.21. The highest BCUT2D eigenvalue weighted by Gasteiger charge is 2.49. The van der Waals surface area contributed by atoms with Gasteiger partial charge in [0, 0.05) is 49.7 Å². The number of amides is 1. The Morgan fingerprint density at radius 2 is 2.04 bits per heavy atom. The first-order valence-corrected chi connectivity index (χ1v) is 16.1. The van der Waals surface area contributed by atoms with E-state index in [0.717, 1.165) is 19.4 Å². The number of hydrogen-bond acceptors (Lipinski definition) is 10. The Morgan fingerprint density at radius 1 is 1.19 bits per heavy atom. The monoisotopic (exact) mass is 659 g/mol. The number of benzene rings is 2. The minimum absolute atomic E-state index is 0.0501. The standard InChI is InChI=1S/C34H32F3N7O4/c35-20-13-34(6-2-8-43(34)15-20)18-48-33-40-30-24(31(41-33)42-9-10-44(21(16-42)5-7-38)32(46)26-17-47-26)14-39-29(28(30)37)23-12-22(45)11-19-3-1-4-25(36)27(19)23/h1,3-4,11-12,14,20-21,26,45H,2,5-6,8-10,13,15-18H2/t20-,21+,26-,34+/m1/s1. The van der Waals surface area contributed by atoms with Crippen molar-refractivity contribution in [1.82, 2.24) is 24.8 Å². The third-order valence-corrected chi connectivity index (χ3v) is 10.0. The predicted molar refractivity (Wildman–Crippen MR) is 168 cm³/mol. The Hall–Kier alpha value is -4.74. The van der Waals surface area contributed by atoms with Crippen LogP contribution in [0.1, 0.15) is 25.7 Å². The van der Waals surface area contributed by atoms with Crippen LogP contribution in [0.4, 0.5) is 19.0 Å². The quantitative estimate of drug-likeness (QED) is 0.289. The molecule has 8 rings (SSSR count). The highest BCUT2D eigenvalue weighted by Crippen LogP contribution is 2.41. The van der Waals surface area contributed by atoms with Crippen molar-refractivity contribution in [2.75, 3.05) is 50.8 Å². The van der Waals surface area contributed by atoms with E-state index >= 15 is 8.78 Å². The SMILES string of the molecule is N#CC[C@H]1CN(c2nc(OC[C@@]34CCCN3C[C@H](F)C4)nc3c(F)c(-c4cc(O)cc5cccc(F)c45)ncc23)CCN1C(=O)[C@H]1CO1. The van der Waals surface area contributed by atoms with Crippen molar-refractivity contribution in [2.24, 2.45) is 0 Å². The van der Waals surface area contributed by atoms with Crippen LogP contribution in [0.5, 0.6) is 11.8 Å². The van der Waals surface area contributed by atoms with E-state index in [0.29, 0.717) is 37.3 Å². The van der Waals surface area contributed by atoms with Crippen molar-refractivity contribution >= 4 is 33.4 Å². The van der Waals surface area contributed by atoms with Crippen molar-refractivity contribution in [3.05, 3.63) is 48.2 Å². The molecule has 4 fully saturated rings. The molecule has 0 saturated carbocycles. The number of halogens is 3. The number of piperazine rings is 1. The zero-order valence-electron chi connectivity index (χ0n) is 25.9. The zero-order valence-corrected chi connectivity index (χ0v) is 25.9. The Morgan fingerprint density at radius 3 is 2.85 bits per heavy atom. The summed E-state index contributed by atoms with van der Waals surface area (Å²) >= 11 is 0. The summed E-state index contributed by atoms with van der Waals surface area (Å²) in [5.41, 5.74) is -0.811. The number of nitrogens with zero attached hydrogens (tertiary/aromatic N) is 7. The van der Waals surface area contributed by atoms with Crippen molar-refractivity contribution in [1.29, 1.82) is 5.26 Å². The lowest BCUT2D eigenvalue weighted by Crippen LogP contribution is -2.56. The molecular formula is C34H32F3N7O4. The summed E-state index contributed by atoms with van der Waals surface area (Å²) in [5.74, 6) is -1.53. The Bertz CT molecular complexity index is 1990. The smallest absolute Gasteiger partial charge is 0.319 e. The molecule has 2 aromatic heterocycles. The van der Waals surface area contributed by atoms with Gasteiger partial charge in [-0.25, -0.2) is 13.2 Å². The Kier molecular flexibility index (Phi) is 7.48. The van der Waals surface area contributed by atoms with Gasteiger partial charge in [0.05, 0.1) is 36.1 Å². The van der Waals surface area contributed by atoms with Gasteiger partial charge < -0.3 is 24.4 Å². The number of anilines is 1. The van der Waals surface area contributed by atoms with Gasteiger partial charge in [-0.15, -0.1) is 0 Å². The minimum atomic E-state index is -0.970. The number of fused-ring (bicyclic) bond motifs is 3. The first-order valence-electron chi connectivity index (χ1n) is 16.1. The molecule has 0 bridgehead atoms. The number of carbonyl (C=O) groups is 1. The molecule has 1 N–H and O–H groups in total. The lowest BCUT2D eigenvalue weighted by Gasteiger charge is -2.41. The van der Waals surface area contributed by atoms with Crippen LogP contribution in [0, 0.1) is 23.0 Å². The van der Waals surface area contributed by atoms with Crippen LogP contribution in [-0.2, 0) is 9.53 Å². The number of nitriles is 1. The molecule has 0 radical (unpaired) electrons. The van der Waals surface area contributed by atoms with Gasteiger partial charge in [-0.3, -0.25) is 14.7 Å². The summed E-state index contributed by atoms with van der Waals surface area (Å²) in [4.78, 5) is 32.1. The van der Waals surface area contributed by atoms with E-state index in [-0.39, 0.29) is 71.3 Å². The summed E-state index contributed by atoms with van der Waals surface area (Å²) < 4.78 is 57.8. The van der Waals surface area contributed by atoms with Gasteiger partial charge in [-0.05, 0) is 43.0 Å². The molecule has 0 spiro atoms.